The zero-order chi connectivity index (χ0) is 14.0. The average molecular weight is 263 g/mol. The Hall–Kier alpha value is -1.71. The van der Waals surface area contributed by atoms with Gasteiger partial charge in [0, 0.05) is 12.5 Å². The van der Waals surface area contributed by atoms with Crippen LogP contribution >= 0.6 is 0 Å². The van der Waals surface area contributed by atoms with Crippen LogP contribution in [-0.4, -0.2) is 18.2 Å². The van der Waals surface area contributed by atoms with E-state index in [0.717, 1.165) is 6.42 Å². The van der Waals surface area contributed by atoms with Crippen LogP contribution in [0.15, 0.2) is 24.3 Å². The molecule has 0 aliphatic carbocycles. The van der Waals surface area contributed by atoms with Gasteiger partial charge in [-0.1, -0.05) is 26.0 Å². The number of rotatable bonds is 3. The standard InChI is InChI=1S/C15H18FNO2/c1-10(2)14(18)11-6-5-9-17(15(11)19)13-8-4-3-7-12(13)16/h3-4,7-8,10-11H,5-6,9H2,1-2H3. The fourth-order valence-corrected chi connectivity index (χ4v) is 2.45. The predicted octanol–water partition coefficient (Wildman–Crippen LogP) is 2.79. The minimum absolute atomic E-state index is 0.0500. The highest BCUT2D eigenvalue weighted by Gasteiger charge is 2.36. The predicted molar refractivity (Wildman–Crippen MR) is 71.3 cm³/mol. The first-order chi connectivity index (χ1) is 9.02. The molecule has 102 valence electrons. The Morgan fingerprint density at radius 3 is 2.68 bits per heavy atom. The third kappa shape index (κ3) is 2.67. The number of ketones is 1. The van der Waals surface area contributed by atoms with Crippen LogP contribution in [-0.2, 0) is 9.59 Å². The number of Topliss-reactive ketones (excluding diaryl/α,β-unsaturated/α-hetero) is 1. The van der Waals surface area contributed by atoms with Gasteiger partial charge in [-0.25, -0.2) is 4.39 Å². The number of carbonyl (C=O) groups is 2. The summed E-state index contributed by atoms with van der Waals surface area (Å²) >= 11 is 0. The molecule has 0 N–H and O–H groups in total. The molecule has 1 aromatic rings. The number of piperidine rings is 1. The van der Waals surface area contributed by atoms with Gasteiger partial charge in [0.15, 0.2) is 0 Å². The summed E-state index contributed by atoms with van der Waals surface area (Å²) in [6.07, 6.45) is 1.30. The zero-order valence-corrected chi connectivity index (χ0v) is 11.2. The fourth-order valence-electron chi connectivity index (χ4n) is 2.45. The van der Waals surface area contributed by atoms with Crippen LogP contribution < -0.4 is 4.90 Å². The Kier molecular flexibility index (Phi) is 3.98. The molecule has 1 unspecified atom stereocenters. The number of para-hydroxylation sites is 1. The molecular weight excluding hydrogens is 245 g/mol. The first kappa shape index (κ1) is 13.7. The largest absolute Gasteiger partial charge is 0.309 e. The average Bonchev–Trinajstić information content (AvgIpc) is 2.39. The molecule has 1 aliphatic rings. The van der Waals surface area contributed by atoms with Crippen molar-refractivity contribution in [2.24, 2.45) is 11.8 Å². The summed E-state index contributed by atoms with van der Waals surface area (Å²) in [4.78, 5) is 25.8. The lowest BCUT2D eigenvalue weighted by molar-refractivity contribution is -0.135. The fraction of sp³-hybridized carbons (Fsp3) is 0.467. The van der Waals surface area contributed by atoms with Crippen molar-refractivity contribution in [2.45, 2.75) is 26.7 Å². The van der Waals surface area contributed by atoms with Gasteiger partial charge in [-0.05, 0) is 25.0 Å². The molecule has 0 radical (unpaired) electrons. The van der Waals surface area contributed by atoms with E-state index in [4.69, 9.17) is 0 Å². The maximum absolute atomic E-state index is 13.8. The lowest BCUT2D eigenvalue weighted by Crippen LogP contribution is -2.45. The summed E-state index contributed by atoms with van der Waals surface area (Å²) in [6.45, 7) is 4.05. The van der Waals surface area contributed by atoms with Crippen molar-refractivity contribution >= 4 is 17.4 Å². The highest BCUT2D eigenvalue weighted by Crippen LogP contribution is 2.28. The van der Waals surface area contributed by atoms with Crippen molar-refractivity contribution < 1.29 is 14.0 Å². The molecule has 0 aromatic heterocycles. The maximum atomic E-state index is 13.8. The lowest BCUT2D eigenvalue weighted by Gasteiger charge is -2.32. The van der Waals surface area contributed by atoms with E-state index in [2.05, 4.69) is 0 Å². The highest BCUT2D eigenvalue weighted by atomic mass is 19.1. The number of carbonyl (C=O) groups excluding carboxylic acids is 2. The quantitative estimate of drug-likeness (QED) is 0.786. The van der Waals surface area contributed by atoms with Gasteiger partial charge in [0.2, 0.25) is 5.91 Å². The van der Waals surface area contributed by atoms with Crippen LogP contribution in [0.1, 0.15) is 26.7 Å². The second-order valence-corrected chi connectivity index (χ2v) is 5.19. The number of anilines is 1. The van der Waals surface area contributed by atoms with Crippen LogP contribution in [0.3, 0.4) is 0 Å². The number of hydrogen-bond donors (Lipinski definition) is 0. The second kappa shape index (κ2) is 5.51. The number of halogens is 1. The minimum Gasteiger partial charge on any atom is -0.309 e. The van der Waals surface area contributed by atoms with E-state index in [1.807, 2.05) is 0 Å². The van der Waals surface area contributed by atoms with Gasteiger partial charge in [-0.15, -0.1) is 0 Å². The maximum Gasteiger partial charge on any atom is 0.237 e. The van der Waals surface area contributed by atoms with Crippen LogP contribution in [0.2, 0.25) is 0 Å². The van der Waals surface area contributed by atoms with Crippen LogP contribution in [0.4, 0.5) is 10.1 Å². The number of hydrogen-bond acceptors (Lipinski definition) is 2. The summed E-state index contributed by atoms with van der Waals surface area (Å²) in [5, 5.41) is 0. The van der Waals surface area contributed by atoms with Gasteiger partial charge in [0.1, 0.15) is 11.6 Å². The van der Waals surface area contributed by atoms with E-state index in [-0.39, 0.29) is 23.3 Å². The monoisotopic (exact) mass is 263 g/mol. The Labute approximate surface area is 112 Å². The van der Waals surface area contributed by atoms with E-state index in [1.165, 1.54) is 11.0 Å². The number of benzene rings is 1. The van der Waals surface area contributed by atoms with Crippen molar-refractivity contribution in [1.29, 1.82) is 0 Å². The Bertz CT molecular complexity index is 499. The third-order valence-electron chi connectivity index (χ3n) is 3.49. The van der Waals surface area contributed by atoms with Crippen molar-refractivity contribution in [1.82, 2.24) is 0 Å². The summed E-state index contributed by atoms with van der Waals surface area (Å²) < 4.78 is 13.8. The summed E-state index contributed by atoms with van der Waals surface area (Å²) in [5.41, 5.74) is 0.272. The SMILES string of the molecule is CC(C)C(=O)C1CCCN(c2ccccc2F)C1=O. The molecule has 1 atom stereocenters. The number of nitrogens with zero attached hydrogens (tertiary/aromatic N) is 1. The van der Waals surface area contributed by atoms with Crippen molar-refractivity contribution in [3.05, 3.63) is 30.1 Å². The van der Waals surface area contributed by atoms with Crippen LogP contribution in [0.25, 0.3) is 0 Å². The Morgan fingerprint density at radius 1 is 1.37 bits per heavy atom. The molecule has 0 saturated carbocycles. The molecular formula is C15H18FNO2. The molecule has 1 fully saturated rings. The van der Waals surface area contributed by atoms with Crippen LogP contribution in [0.5, 0.6) is 0 Å². The van der Waals surface area contributed by atoms with Crippen molar-refractivity contribution in [3.8, 4) is 0 Å². The second-order valence-electron chi connectivity index (χ2n) is 5.19. The van der Waals surface area contributed by atoms with E-state index >= 15 is 0 Å². The highest BCUT2D eigenvalue weighted by molar-refractivity contribution is 6.09. The number of amides is 1. The van der Waals surface area contributed by atoms with E-state index < -0.39 is 11.7 Å². The normalized spacial score (nSPS) is 19.9. The van der Waals surface area contributed by atoms with Crippen molar-refractivity contribution in [2.75, 3.05) is 11.4 Å². The van der Waals surface area contributed by atoms with Gasteiger partial charge in [0.05, 0.1) is 11.6 Å². The third-order valence-corrected chi connectivity index (χ3v) is 3.49. The van der Waals surface area contributed by atoms with Crippen molar-refractivity contribution in [3.63, 3.8) is 0 Å². The summed E-state index contributed by atoms with van der Waals surface area (Å²) in [7, 11) is 0. The molecule has 0 spiro atoms. The molecule has 1 aliphatic heterocycles. The molecule has 3 nitrogen and oxygen atoms in total. The minimum atomic E-state index is -0.617. The molecule has 2 rings (SSSR count). The van der Waals surface area contributed by atoms with Gasteiger partial charge in [-0.2, -0.15) is 0 Å². The van der Waals surface area contributed by atoms with Gasteiger partial charge in [-0.3, -0.25) is 9.59 Å². The van der Waals surface area contributed by atoms with Gasteiger partial charge in [0.25, 0.3) is 0 Å². The van der Waals surface area contributed by atoms with Crippen LogP contribution in [0, 0.1) is 17.7 Å². The molecule has 1 heterocycles. The molecule has 1 amide bonds. The molecule has 0 bridgehead atoms. The topological polar surface area (TPSA) is 37.4 Å². The Morgan fingerprint density at radius 2 is 2.05 bits per heavy atom. The first-order valence-electron chi connectivity index (χ1n) is 6.62. The lowest BCUT2D eigenvalue weighted by atomic mass is 9.87. The van der Waals surface area contributed by atoms with Gasteiger partial charge >= 0.3 is 0 Å². The van der Waals surface area contributed by atoms with Gasteiger partial charge < -0.3 is 4.90 Å². The van der Waals surface area contributed by atoms with E-state index in [1.54, 1.807) is 32.0 Å². The van der Waals surface area contributed by atoms with E-state index in [0.29, 0.717) is 13.0 Å². The first-order valence-corrected chi connectivity index (χ1v) is 6.62. The zero-order valence-electron chi connectivity index (χ0n) is 11.2. The molecule has 4 heteroatoms. The smallest absolute Gasteiger partial charge is 0.237 e. The molecule has 1 saturated heterocycles. The van der Waals surface area contributed by atoms with E-state index in [9.17, 15) is 14.0 Å². The Balaban J connectivity index is 2.26. The summed E-state index contributed by atoms with van der Waals surface area (Å²) in [5.74, 6) is -1.53. The summed E-state index contributed by atoms with van der Waals surface area (Å²) in [6, 6.07) is 6.19. The molecule has 1 aromatic carbocycles. The molecule has 19 heavy (non-hydrogen) atoms.